The maximum absolute atomic E-state index is 13.1. The lowest BCUT2D eigenvalue weighted by Crippen LogP contribution is -2.45. The largest absolute Gasteiger partial charge is 0.339 e. The Labute approximate surface area is 204 Å². The van der Waals surface area contributed by atoms with E-state index in [1.54, 1.807) is 30.5 Å². The summed E-state index contributed by atoms with van der Waals surface area (Å²) in [5.74, 6) is 0.0584. The molecular formula is C23H22BrClN4O2S. The summed E-state index contributed by atoms with van der Waals surface area (Å²) < 4.78 is 0.465. The molecule has 1 aromatic heterocycles. The molecule has 3 aromatic rings. The third-order valence-electron chi connectivity index (χ3n) is 4.39. The number of aromatic nitrogens is 2. The van der Waals surface area contributed by atoms with Gasteiger partial charge in [-0.2, -0.15) is 0 Å². The molecule has 0 spiro atoms. The molecule has 0 fully saturated rings. The number of benzene rings is 2. The highest BCUT2D eigenvalue weighted by Crippen LogP contribution is 2.20. The quantitative estimate of drug-likeness (QED) is 0.285. The van der Waals surface area contributed by atoms with Gasteiger partial charge in [-0.1, -0.05) is 60.6 Å². The summed E-state index contributed by atoms with van der Waals surface area (Å²) in [6.45, 7) is 2.06. The molecule has 0 saturated heterocycles. The van der Waals surface area contributed by atoms with Gasteiger partial charge in [0, 0.05) is 29.1 Å². The van der Waals surface area contributed by atoms with Crippen LogP contribution in [0, 0.1) is 0 Å². The third kappa shape index (κ3) is 7.05. The lowest BCUT2D eigenvalue weighted by atomic mass is 10.0. The molecule has 0 radical (unpaired) electrons. The Hall–Kier alpha value is -2.42. The van der Waals surface area contributed by atoms with Gasteiger partial charge in [-0.25, -0.2) is 9.97 Å². The molecule has 6 nitrogen and oxygen atoms in total. The average molecular weight is 534 g/mol. The van der Waals surface area contributed by atoms with Crippen molar-refractivity contribution in [2.24, 2.45) is 0 Å². The summed E-state index contributed by atoms with van der Waals surface area (Å²) in [5.41, 5.74) is 1.70. The molecule has 1 heterocycles. The second-order valence-corrected chi connectivity index (χ2v) is 9.26. The van der Waals surface area contributed by atoms with E-state index in [1.165, 1.54) is 11.8 Å². The zero-order valence-electron chi connectivity index (χ0n) is 17.3. The summed E-state index contributed by atoms with van der Waals surface area (Å²) in [6.07, 6.45) is 2.85. The van der Waals surface area contributed by atoms with Crippen molar-refractivity contribution < 1.29 is 9.59 Å². The second kappa shape index (κ2) is 12.0. The molecule has 3 rings (SSSR count). The number of amides is 2. The van der Waals surface area contributed by atoms with Crippen LogP contribution in [-0.2, 0) is 11.2 Å². The van der Waals surface area contributed by atoms with E-state index in [0.29, 0.717) is 26.8 Å². The standard InChI is InChI=1S/C23H22BrClN4O2S/c1-2-12-32-23-26-14-18(24)20(29-23)22(31)28-19(13-15-6-4-3-5-7-15)21(30)27-17-10-8-16(25)9-11-17/h3-11,14,19H,2,12-13H2,1H3,(H,27,30)(H,28,31)/t19-/m1/s1. The van der Waals surface area contributed by atoms with Gasteiger partial charge in [0.1, 0.15) is 11.7 Å². The molecular weight excluding hydrogens is 512 g/mol. The SMILES string of the molecule is CCCSc1ncc(Br)c(C(=O)N[C@H](Cc2ccccc2)C(=O)Nc2ccc(Cl)cc2)n1. The molecule has 2 aromatic carbocycles. The van der Waals surface area contributed by atoms with Crippen LogP contribution in [0.2, 0.25) is 5.02 Å². The molecule has 0 saturated carbocycles. The van der Waals surface area contributed by atoms with Gasteiger partial charge < -0.3 is 10.6 Å². The first-order valence-corrected chi connectivity index (χ1v) is 12.2. The van der Waals surface area contributed by atoms with Crippen LogP contribution >= 0.6 is 39.3 Å². The molecule has 0 aliphatic carbocycles. The number of hydrogen-bond donors (Lipinski definition) is 2. The van der Waals surface area contributed by atoms with Crippen molar-refractivity contribution in [2.45, 2.75) is 31.0 Å². The van der Waals surface area contributed by atoms with Crippen LogP contribution in [0.1, 0.15) is 29.4 Å². The Morgan fingerprint density at radius 2 is 1.84 bits per heavy atom. The molecule has 32 heavy (non-hydrogen) atoms. The van der Waals surface area contributed by atoms with Crippen LogP contribution in [0.3, 0.4) is 0 Å². The number of carbonyl (C=O) groups is 2. The summed E-state index contributed by atoms with van der Waals surface area (Å²) in [7, 11) is 0. The molecule has 2 amide bonds. The van der Waals surface area contributed by atoms with Gasteiger partial charge in [-0.15, -0.1) is 0 Å². The van der Waals surface area contributed by atoms with E-state index in [1.807, 2.05) is 30.3 Å². The van der Waals surface area contributed by atoms with Crippen LogP contribution < -0.4 is 10.6 Å². The Morgan fingerprint density at radius 3 is 2.53 bits per heavy atom. The van der Waals surface area contributed by atoms with Crippen molar-refractivity contribution in [2.75, 3.05) is 11.1 Å². The highest BCUT2D eigenvalue weighted by Gasteiger charge is 2.24. The average Bonchev–Trinajstić information content (AvgIpc) is 2.80. The van der Waals surface area contributed by atoms with Crippen molar-refractivity contribution in [3.05, 3.63) is 81.5 Å². The minimum absolute atomic E-state index is 0.191. The van der Waals surface area contributed by atoms with Crippen molar-refractivity contribution >= 4 is 56.8 Å². The van der Waals surface area contributed by atoms with Gasteiger partial charge in [0.15, 0.2) is 5.16 Å². The zero-order chi connectivity index (χ0) is 22.9. The van der Waals surface area contributed by atoms with Crippen molar-refractivity contribution in [3.63, 3.8) is 0 Å². The summed E-state index contributed by atoms with van der Waals surface area (Å²) in [4.78, 5) is 34.7. The second-order valence-electron chi connectivity index (χ2n) is 6.91. The van der Waals surface area contributed by atoms with E-state index in [2.05, 4.69) is 43.5 Å². The predicted octanol–water partition coefficient (Wildman–Crippen LogP) is 5.37. The van der Waals surface area contributed by atoms with E-state index in [0.717, 1.165) is 17.7 Å². The summed E-state index contributed by atoms with van der Waals surface area (Å²) in [5, 5.41) is 6.76. The first-order valence-electron chi connectivity index (χ1n) is 10.0. The number of hydrogen-bond acceptors (Lipinski definition) is 5. The van der Waals surface area contributed by atoms with Crippen molar-refractivity contribution in [1.29, 1.82) is 0 Å². The molecule has 166 valence electrons. The molecule has 0 aliphatic rings. The van der Waals surface area contributed by atoms with Crippen LogP contribution in [-0.4, -0.2) is 33.6 Å². The lowest BCUT2D eigenvalue weighted by molar-refractivity contribution is -0.118. The fourth-order valence-electron chi connectivity index (χ4n) is 2.82. The fraction of sp³-hybridized carbons (Fsp3) is 0.217. The Kier molecular flexibility index (Phi) is 9.08. The van der Waals surface area contributed by atoms with Crippen molar-refractivity contribution in [3.8, 4) is 0 Å². The number of anilines is 1. The molecule has 9 heteroatoms. The number of halogens is 2. The van der Waals surface area contributed by atoms with E-state index in [9.17, 15) is 9.59 Å². The molecule has 2 N–H and O–H groups in total. The van der Waals surface area contributed by atoms with E-state index in [-0.39, 0.29) is 11.6 Å². The van der Waals surface area contributed by atoms with Crippen LogP contribution in [0.5, 0.6) is 0 Å². The van der Waals surface area contributed by atoms with Crippen LogP contribution in [0.4, 0.5) is 5.69 Å². The predicted molar refractivity (Wildman–Crippen MR) is 132 cm³/mol. The van der Waals surface area contributed by atoms with Gasteiger partial charge in [-0.05, 0) is 52.2 Å². The lowest BCUT2D eigenvalue weighted by Gasteiger charge is -2.19. The molecule has 0 unspecified atom stereocenters. The number of carbonyl (C=O) groups excluding carboxylic acids is 2. The maximum atomic E-state index is 13.1. The number of rotatable bonds is 9. The van der Waals surface area contributed by atoms with Gasteiger partial charge in [-0.3, -0.25) is 9.59 Å². The van der Waals surface area contributed by atoms with Gasteiger partial charge in [0.2, 0.25) is 5.91 Å². The Bertz CT molecular complexity index is 1070. The minimum Gasteiger partial charge on any atom is -0.339 e. The smallest absolute Gasteiger partial charge is 0.271 e. The molecule has 0 bridgehead atoms. The minimum atomic E-state index is -0.811. The molecule has 1 atom stereocenters. The van der Waals surface area contributed by atoms with Crippen LogP contribution in [0.15, 0.2) is 70.4 Å². The van der Waals surface area contributed by atoms with E-state index < -0.39 is 11.9 Å². The maximum Gasteiger partial charge on any atom is 0.271 e. The first-order chi connectivity index (χ1) is 15.5. The third-order valence-corrected chi connectivity index (χ3v) is 6.29. The topological polar surface area (TPSA) is 84.0 Å². The van der Waals surface area contributed by atoms with Gasteiger partial charge >= 0.3 is 0 Å². The van der Waals surface area contributed by atoms with Gasteiger partial charge in [0.25, 0.3) is 5.91 Å². The van der Waals surface area contributed by atoms with Crippen LogP contribution in [0.25, 0.3) is 0 Å². The monoisotopic (exact) mass is 532 g/mol. The summed E-state index contributed by atoms with van der Waals surface area (Å²) in [6, 6.07) is 15.5. The Balaban J connectivity index is 1.80. The van der Waals surface area contributed by atoms with Gasteiger partial charge in [0.05, 0.1) is 4.47 Å². The first kappa shape index (κ1) is 24.2. The molecule has 0 aliphatic heterocycles. The highest BCUT2D eigenvalue weighted by atomic mass is 79.9. The van der Waals surface area contributed by atoms with Crippen molar-refractivity contribution in [1.82, 2.24) is 15.3 Å². The number of nitrogens with zero attached hydrogens (tertiary/aromatic N) is 2. The fourth-order valence-corrected chi connectivity index (χ4v) is 3.99. The number of thioether (sulfide) groups is 1. The van der Waals surface area contributed by atoms with E-state index >= 15 is 0 Å². The van der Waals surface area contributed by atoms with E-state index in [4.69, 9.17) is 11.6 Å². The summed E-state index contributed by atoms with van der Waals surface area (Å²) >= 11 is 10.7. The highest BCUT2D eigenvalue weighted by molar-refractivity contribution is 9.10. The normalized spacial score (nSPS) is 11.6. The zero-order valence-corrected chi connectivity index (χ0v) is 20.5. The Morgan fingerprint density at radius 1 is 1.12 bits per heavy atom. The number of nitrogens with one attached hydrogen (secondary N) is 2.